The van der Waals surface area contributed by atoms with Crippen molar-refractivity contribution in [3.63, 3.8) is 0 Å². The molecule has 0 fully saturated rings. The molecule has 0 radical (unpaired) electrons. The van der Waals surface area contributed by atoms with E-state index in [1.165, 1.54) is 11.1 Å². The molecule has 0 unspecified atom stereocenters. The van der Waals surface area contributed by atoms with Crippen LogP contribution in [-0.4, -0.2) is 6.61 Å². The molecule has 0 aliphatic carbocycles. The molecule has 2 aromatic rings. The molecule has 0 bridgehead atoms. The van der Waals surface area contributed by atoms with Crippen LogP contribution in [0.15, 0.2) is 72.8 Å². The Morgan fingerprint density at radius 3 is 2.00 bits per heavy atom. The predicted molar refractivity (Wildman–Crippen MR) is 75.4 cm³/mol. The highest BCUT2D eigenvalue weighted by Crippen LogP contribution is 2.02. The van der Waals surface area contributed by atoms with Gasteiger partial charge in [-0.05, 0) is 17.5 Å². The van der Waals surface area contributed by atoms with Crippen molar-refractivity contribution < 1.29 is 4.74 Å². The molecule has 0 aromatic heterocycles. The van der Waals surface area contributed by atoms with Gasteiger partial charge in [0.05, 0.1) is 13.2 Å². The quantitative estimate of drug-likeness (QED) is 0.546. The van der Waals surface area contributed by atoms with Gasteiger partial charge in [0.25, 0.3) is 0 Å². The average Bonchev–Trinajstić information content (AvgIpc) is 2.45. The van der Waals surface area contributed by atoms with Gasteiger partial charge in [-0.1, -0.05) is 72.8 Å². The molecule has 0 saturated heterocycles. The van der Waals surface area contributed by atoms with Gasteiger partial charge in [0.1, 0.15) is 0 Å². The Bertz CT molecular complexity index is 459. The molecule has 0 amide bonds. The molecule has 2 aromatic carbocycles. The Morgan fingerprint density at radius 2 is 1.33 bits per heavy atom. The van der Waals surface area contributed by atoms with Crippen molar-refractivity contribution in [2.24, 2.45) is 0 Å². The third kappa shape index (κ3) is 4.56. The largest absolute Gasteiger partial charge is 0.373 e. The maximum atomic E-state index is 5.57. The van der Waals surface area contributed by atoms with Crippen LogP contribution in [-0.2, 0) is 17.8 Å². The zero-order valence-electron chi connectivity index (χ0n) is 10.5. The van der Waals surface area contributed by atoms with Gasteiger partial charge in [-0.2, -0.15) is 0 Å². The summed E-state index contributed by atoms with van der Waals surface area (Å²) < 4.78 is 5.57. The summed E-state index contributed by atoms with van der Waals surface area (Å²) in [5.74, 6) is 0. The summed E-state index contributed by atoms with van der Waals surface area (Å²) >= 11 is 0. The summed E-state index contributed by atoms with van der Waals surface area (Å²) in [6.07, 6.45) is 5.20. The van der Waals surface area contributed by atoms with Crippen LogP contribution in [0.2, 0.25) is 0 Å². The van der Waals surface area contributed by atoms with Crippen molar-refractivity contribution in [3.8, 4) is 0 Å². The SMILES string of the molecule is C(=C/Cc1ccccc1)/COCc1ccccc1. The molecule has 0 saturated carbocycles. The van der Waals surface area contributed by atoms with Crippen LogP contribution < -0.4 is 0 Å². The molecule has 18 heavy (non-hydrogen) atoms. The van der Waals surface area contributed by atoms with Gasteiger partial charge >= 0.3 is 0 Å². The number of hydrogen-bond donors (Lipinski definition) is 0. The van der Waals surface area contributed by atoms with Crippen molar-refractivity contribution >= 4 is 0 Å². The normalized spacial score (nSPS) is 10.9. The van der Waals surface area contributed by atoms with Crippen LogP contribution >= 0.6 is 0 Å². The summed E-state index contributed by atoms with van der Waals surface area (Å²) in [5, 5.41) is 0. The fourth-order valence-corrected chi connectivity index (χ4v) is 1.72. The highest BCUT2D eigenvalue weighted by molar-refractivity contribution is 5.17. The van der Waals surface area contributed by atoms with E-state index in [9.17, 15) is 0 Å². The lowest BCUT2D eigenvalue weighted by Crippen LogP contribution is -1.92. The molecular weight excluding hydrogens is 220 g/mol. The third-order valence-corrected chi connectivity index (χ3v) is 2.69. The van der Waals surface area contributed by atoms with Gasteiger partial charge in [0.2, 0.25) is 0 Å². The minimum Gasteiger partial charge on any atom is -0.373 e. The number of hydrogen-bond acceptors (Lipinski definition) is 1. The lowest BCUT2D eigenvalue weighted by molar-refractivity contribution is 0.148. The first kappa shape index (κ1) is 12.6. The smallest absolute Gasteiger partial charge is 0.0721 e. The van der Waals surface area contributed by atoms with E-state index >= 15 is 0 Å². The maximum absolute atomic E-state index is 5.57. The van der Waals surface area contributed by atoms with Crippen molar-refractivity contribution in [3.05, 3.63) is 83.9 Å². The van der Waals surface area contributed by atoms with Crippen LogP contribution in [0.4, 0.5) is 0 Å². The van der Waals surface area contributed by atoms with Crippen molar-refractivity contribution in [2.75, 3.05) is 6.61 Å². The molecule has 0 atom stereocenters. The number of rotatable bonds is 6. The van der Waals surface area contributed by atoms with Crippen molar-refractivity contribution in [1.29, 1.82) is 0 Å². The van der Waals surface area contributed by atoms with Gasteiger partial charge in [-0.25, -0.2) is 0 Å². The number of benzene rings is 2. The molecular formula is C17H18O. The monoisotopic (exact) mass is 238 g/mol. The van der Waals surface area contributed by atoms with Crippen molar-refractivity contribution in [1.82, 2.24) is 0 Å². The van der Waals surface area contributed by atoms with Crippen LogP contribution in [0.3, 0.4) is 0 Å². The van der Waals surface area contributed by atoms with Crippen LogP contribution in [0.25, 0.3) is 0 Å². The Morgan fingerprint density at radius 1 is 0.722 bits per heavy atom. The maximum Gasteiger partial charge on any atom is 0.0721 e. The second-order valence-electron chi connectivity index (χ2n) is 4.16. The summed E-state index contributed by atoms with van der Waals surface area (Å²) in [4.78, 5) is 0. The Balaban J connectivity index is 1.64. The third-order valence-electron chi connectivity index (χ3n) is 2.69. The first-order valence-electron chi connectivity index (χ1n) is 6.26. The van der Waals surface area contributed by atoms with Gasteiger partial charge < -0.3 is 4.74 Å². The lowest BCUT2D eigenvalue weighted by Gasteiger charge is -2.00. The van der Waals surface area contributed by atoms with Gasteiger partial charge in [0, 0.05) is 0 Å². The molecule has 1 nitrogen and oxygen atoms in total. The van der Waals surface area contributed by atoms with E-state index in [2.05, 4.69) is 48.6 Å². The zero-order chi connectivity index (χ0) is 12.5. The highest BCUT2D eigenvalue weighted by Gasteiger charge is 1.89. The molecule has 0 aliphatic rings. The van der Waals surface area contributed by atoms with Gasteiger partial charge in [-0.3, -0.25) is 0 Å². The van der Waals surface area contributed by atoms with Crippen LogP contribution in [0, 0.1) is 0 Å². The highest BCUT2D eigenvalue weighted by atomic mass is 16.5. The minimum atomic E-state index is 0.668. The summed E-state index contributed by atoms with van der Waals surface area (Å²) in [6.45, 7) is 1.35. The van der Waals surface area contributed by atoms with E-state index < -0.39 is 0 Å². The second-order valence-corrected chi connectivity index (χ2v) is 4.16. The molecule has 0 heterocycles. The van der Waals surface area contributed by atoms with E-state index in [0.717, 1.165) is 6.42 Å². The summed E-state index contributed by atoms with van der Waals surface area (Å²) in [6, 6.07) is 20.7. The minimum absolute atomic E-state index is 0.668. The predicted octanol–water partition coefficient (Wildman–Crippen LogP) is 4.00. The fraction of sp³-hybridized carbons (Fsp3) is 0.176. The van der Waals surface area contributed by atoms with E-state index in [1.807, 2.05) is 24.3 Å². The Labute approximate surface area is 109 Å². The average molecular weight is 238 g/mol. The molecule has 0 aliphatic heterocycles. The first-order chi connectivity index (χ1) is 8.95. The van der Waals surface area contributed by atoms with E-state index in [4.69, 9.17) is 4.74 Å². The summed E-state index contributed by atoms with van der Waals surface area (Å²) in [7, 11) is 0. The Hall–Kier alpha value is -1.86. The number of ether oxygens (including phenoxy) is 1. The standard InChI is InChI=1S/C17H18O/c1-3-9-16(10-4-1)11-7-8-14-18-15-17-12-5-2-6-13-17/h1-10,12-13H,11,14-15H2/b8-7-. The van der Waals surface area contributed by atoms with E-state index in [-0.39, 0.29) is 0 Å². The zero-order valence-corrected chi connectivity index (χ0v) is 10.5. The van der Waals surface area contributed by atoms with Gasteiger partial charge in [-0.15, -0.1) is 0 Å². The lowest BCUT2D eigenvalue weighted by atomic mass is 10.1. The van der Waals surface area contributed by atoms with E-state index in [1.54, 1.807) is 0 Å². The molecule has 0 N–H and O–H groups in total. The fourth-order valence-electron chi connectivity index (χ4n) is 1.72. The molecule has 1 heteroatoms. The van der Waals surface area contributed by atoms with Gasteiger partial charge in [0.15, 0.2) is 0 Å². The summed E-state index contributed by atoms with van der Waals surface area (Å²) in [5.41, 5.74) is 2.55. The van der Waals surface area contributed by atoms with Crippen LogP contribution in [0.5, 0.6) is 0 Å². The first-order valence-corrected chi connectivity index (χ1v) is 6.26. The molecule has 2 rings (SSSR count). The van der Waals surface area contributed by atoms with Crippen LogP contribution in [0.1, 0.15) is 11.1 Å². The van der Waals surface area contributed by atoms with Crippen molar-refractivity contribution in [2.45, 2.75) is 13.0 Å². The van der Waals surface area contributed by atoms with E-state index in [0.29, 0.717) is 13.2 Å². The molecule has 0 spiro atoms. The second kappa shape index (κ2) is 7.46. The molecule has 92 valence electrons. The number of allylic oxidation sites excluding steroid dienone is 1. The Kier molecular flexibility index (Phi) is 5.22. The topological polar surface area (TPSA) is 9.23 Å².